The Kier molecular flexibility index (Phi) is 3.59. The summed E-state index contributed by atoms with van der Waals surface area (Å²) in [6.07, 6.45) is 5.14. The molecule has 2 nitrogen and oxygen atoms in total. The second kappa shape index (κ2) is 4.96. The minimum atomic E-state index is 0.343. The molecule has 1 aliphatic rings. The summed E-state index contributed by atoms with van der Waals surface area (Å²) in [7, 11) is 0. The third kappa shape index (κ3) is 2.82. The van der Waals surface area contributed by atoms with Gasteiger partial charge in [-0.15, -0.1) is 0 Å². The lowest BCUT2D eigenvalue weighted by Crippen LogP contribution is -2.22. The van der Waals surface area contributed by atoms with Gasteiger partial charge in [-0.1, -0.05) is 18.5 Å². The average molecular weight is 240 g/mol. The van der Waals surface area contributed by atoms with E-state index in [1.807, 2.05) is 6.07 Å². The number of hydrogen-bond donors (Lipinski definition) is 1. The number of rotatable bonds is 2. The SMILES string of the molecule is CC1CCC(Oc2ccc(N)c(Cl)c2)CC1. The molecule has 1 aromatic rings. The highest BCUT2D eigenvalue weighted by Crippen LogP contribution is 2.29. The fourth-order valence-corrected chi connectivity index (χ4v) is 2.29. The van der Waals surface area contributed by atoms with Crippen molar-refractivity contribution in [2.75, 3.05) is 5.73 Å². The maximum Gasteiger partial charge on any atom is 0.121 e. The highest BCUT2D eigenvalue weighted by Gasteiger charge is 2.19. The Morgan fingerprint density at radius 1 is 1.25 bits per heavy atom. The number of nitrogen functional groups attached to an aromatic ring is 1. The van der Waals surface area contributed by atoms with Crippen LogP contribution in [0.25, 0.3) is 0 Å². The third-order valence-corrected chi connectivity index (χ3v) is 3.56. The van der Waals surface area contributed by atoms with E-state index >= 15 is 0 Å². The first-order valence-electron chi connectivity index (χ1n) is 5.87. The zero-order valence-corrected chi connectivity index (χ0v) is 10.3. The van der Waals surface area contributed by atoms with Crippen LogP contribution in [0.3, 0.4) is 0 Å². The molecule has 0 atom stereocenters. The summed E-state index contributed by atoms with van der Waals surface area (Å²) >= 11 is 5.95. The predicted octanol–water partition coefficient (Wildman–Crippen LogP) is 3.88. The van der Waals surface area contributed by atoms with Crippen LogP contribution < -0.4 is 10.5 Å². The Balaban J connectivity index is 1.96. The molecule has 0 aliphatic heterocycles. The van der Waals surface area contributed by atoms with E-state index in [1.165, 1.54) is 12.8 Å². The molecule has 0 spiro atoms. The van der Waals surface area contributed by atoms with E-state index < -0.39 is 0 Å². The molecule has 88 valence electrons. The largest absolute Gasteiger partial charge is 0.490 e. The van der Waals surface area contributed by atoms with Gasteiger partial charge in [0.05, 0.1) is 16.8 Å². The summed E-state index contributed by atoms with van der Waals surface area (Å²) in [5.74, 6) is 1.67. The van der Waals surface area contributed by atoms with Gasteiger partial charge in [0, 0.05) is 6.07 Å². The molecule has 2 rings (SSSR count). The van der Waals surface area contributed by atoms with Gasteiger partial charge in [-0.2, -0.15) is 0 Å². The van der Waals surface area contributed by atoms with Crippen molar-refractivity contribution in [3.8, 4) is 5.75 Å². The fraction of sp³-hybridized carbons (Fsp3) is 0.538. The Bertz CT molecular complexity index is 359. The van der Waals surface area contributed by atoms with Crippen molar-refractivity contribution in [1.82, 2.24) is 0 Å². The van der Waals surface area contributed by atoms with E-state index in [0.717, 1.165) is 24.5 Å². The number of benzene rings is 1. The van der Waals surface area contributed by atoms with Crippen molar-refractivity contribution in [3.05, 3.63) is 23.2 Å². The first-order valence-corrected chi connectivity index (χ1v) is 6.24. The van der Waals surface area contributed by atoms with Gasteiger partial charge in [-0.3, -0.25) is 0 Å². The van der Waals surface area contributed by atoms with Crippen molar-refractivity contribution in [3.63, 3.8) is 0 Å². The summed E-state index contributed by atoms with van der Waals surface area (Å²) in [5.41, 5.74) is 6.26. The number of halogens is 1. The van der Waals surface area contributed by atoms with Crippen molar-refractivity contribution in [2.24, 2.45) is 5.92 Å². The van der Waals surface area contributed by atoms with Crippen LogP contribution in [-0.2, 0) is 0 Å². The summed E-state index contributed by atoms with van der Waals surface area (Å²) in [4.78, 5) is 0. The molecule has 1 aromatic carbocycles. The van der Waals surface area contributed by atoms with E-state index in [-0.39, 0.29) is 0 Å². The molecule has 3 heteroatoms. The first kappa shape index (κ1) is 11.6. The molecule has 0 heterocycles. The molecule has 1 aliphatic carbocycles. The monoisotopic (exact) mass is 239 g/mol. The van der Waals surface area contributed by atoms with Crippen LogP contribution in [0.15, 0.2) is 18.2 Å². The molecule has 16 heavy (non-hydrogen) atoms. The van der Waals surface area contributed by atoms with Crippen molar-refractivity contribution in [1.29, 1.82) is 0 Å². The molecule has 1 fully saturated rings. The van der Waals surface area contributed by atoms with Gasteiger partial charge in [0.1, 0.15) is 5.75 Å². The predicted molar refractivity (Wildman–Crippen MR) is 67.9 cm³/mol. The molecular weight excluding hydrogens is 222 g/mol. The Labute approximate surface area is 102 Å². The Morgan fingerprint density at radius 2 is 1.94 bits per heavy atom. The van der Waals surface area contributed by atoms with Crippen LogP contribution in [-0.4, -0.2) is 6.10 Å². The van der Waals surface area contributed by atoms with E-state index in [9.17, 15) is 0 Å². The topological polar surface area (TPSA) is 35.2 Å². The maximum absolute atomic E-state index is 5.95. The van der Waals surface area contributed by atoms with Gasteiger partial charge in [0.15, 0.2) is 0 Å². The lowest BCUT2D eigenvalue weighted by atomic mass is 9.89. The molecule has 0 bridgehead atoms. The average Bonchev–Trinajstić information content (AvgIpc) is 2.27. The van der Waals surface area contributed by atoms with Gasteiger partial charge >= 0.3 is 0 Å². The smallest absolute Gasteiger partial charge is 0.121 e. The van der Waals surface area contributed by atoms with Crippen molar-refractivity contribution in [2.45, 2.75) is 38.7 Å². The van der Waals surface area contributed by atoms with Crippen LogP contribution in [0, 0.1) is 5.92 Å². The summed E-state index contributed by atoms with van der Waals surface area (Å²) in [5, 5.41) is 0.571. The molecule has 0 amide bonds. The van der Waals surface area contributed by atoms with Crippen LogP contribution in [0.2, 0.25) is 5.02 Å². The van der Waals surface area contributed by atoms with Crippen molar-refractivity contribution < 1.29 is 4.74 Å². The zero-order valence-electron chi connectivity index (χ0n) is 9.58. The molecule has 0 aromatic heterocycles. The molecule has 0 radical (unpaired) electrons. The number of hydrogen-bond acceptors (Lipinski definition) is 2. The lowest BCUT2D eigenvalue weighted by molar-refractivity contribution is 0.135. The summed E-state index contributed by atoms with van der Waals surface area (Å²) in [6.45, 7) is 2.30. The number of ether oxygens (including phenoxy) is 1. The fourth-order valence-electron chi connectivity index (χ4n) is 2.12. The minimum absolute atomic E-state index is 0.343. The molecular formula is C13H18ClNO. The second-order valence-electron chi connectivity index (χ2n) is 4.68. The first-order chi connectivity index (χ1) is 7.65. The van der Waals surface area contributed by atoms with E-state index in [0.29, 0.717) is 16.8 Å². The molecule has 0 saturated heterocycles. The van der Waals surface area contributed by atoms with E-state index in [4.69, 9.17) is 22.1 Å². The van der Waals surface area contributed by atoms with E-state index in [1.54, 1.807) is 12.1 Å². The Hall–Kier alpha value is -0.890. The van der Waals surface area contributed by atoms with Crippen LogP contribution in [0.4, 0.5) is 5.69 Å². The summed E-state index contributed by atoms with van der Waals surface area (Å²) < 4.78 is 5.90. The molecule has 0 unspecified atom stereocenters. The molecule has 1 saturated carbocycles. The quantitative estimate of drug-likeness (QED) is 0.795. The highest BCUT2D eigenvalue weighted by molar-refractivity contribution is 6.33. The van der Waals surface area contributed by atoms with Gasteiger partial charge in [-0.25, -0.2) is 0 Å². The van der Waals surface area contributed by atoms with Gasteiger partial charge in [0.2, 0.25) is 0 Å². The number of nitrogens with two attached hydrogens (primary N) is 1. The van der Waals surface area contributed by atoms with Crippen molar-refractivity contribution >= 4 is 17.3 Å². The van der Waals surface area contributed by atoms with Crippen LogP contribution in [0.5, 0.6) is 5.75 Å². The molecule has 2 N–H and O–H groups in total. The highest BCUT2D eigenvalue weighted by atomic mass is 35.5. The normalized spacial score (nSPS) is 25.4. The maximum atomic E-state index is 5.95. The number of anilines is 1. The minimum Gasteiger partial charge on any atom is -0.490 e. The summed E-state index contributed by atoms with van der Waals surface area (Å²) in [6, 6.07) is 5.48. The van der Waals surface area contributed by atoms with Gasteiger partial charge in [0.25, 0.3) is 0 Å². The third-order valence-electron chi connectivity index (χ3n) is 3.24. The van der Waals surface area contributed by atoms with Crippen LogP contribution in [0.1, 0.15) is 32.6 Å². The van der Waals surface area contributed by atoms with Crippen LogP contribution >= 0.6 is 11.6 Å². The van der Waals surface area contributed by atoms with Gasteiger partial charge < -0.3 is 10.5 Å². The zero-order chi connectivity index (χ0) is 11.5. The Morgan fingerprint density at radius 3 is 2.56 bits per heavy atom. The van der Waals surface area contributed by atoms with Gasteiger partial charge in [-0.05, 0) is 43.7 Å². The second-order valence-corrected chi connectivity index (χ2v) is 5.09. The lowest BCUT2D eigenvalue weighted by Gasteiger charge is -2.26. The van der Waals surface area contributed by atoms with E-state index in [2.05, 4.69) is 6.92 Å². The standard InChI is InChI=1S/C13H18ClNO/c1-9-2-4-10(5-3-9)16-11-6-7-13(15)12(14)8-11/h6-10H,2-5,15H2,1H3.